The zero-order chi connectivity index (χ0) is 15.0. The van der Waals surface area contributed by atoms with Crippen LogP contribution < -0.4 is 16.0 Å². The lowest BCUT2D eigenvalue weighted by atomic mass is 9.85. The quantitative estimate of drug-likeness (QED) is 0.816. The van der Waals surface area contributed by atoms with Crippen LogP contribution in [0.5, 0.6) is 5.88 Å². The number of fused-ring (bicyclic) bond motifs is 1. The van der Waals surface area contributed by atoms with Crippen molar-refractivity contribution < 1.29 is 9.13 Å². The maximum atomic E-state index is 13.5. The Morgan fingerprint density at radius 2 is 2.29 bits per heavy atom. The van der Waals surface area contributed by atoms with Crippen molar-refractivity contribution in [3.8, 4) is 11.9 Å². The minimum Gasteiger partial charge on any atom is -0.422 e. The van der Waals surface area contributed by atoms with Gasteiger partial charge < -0.3 is 15.5 Å². The monoisotopic (exact) mass is 284 g/mol. The van der Waals surface area contributed by atoms with Crippen LogP contribution in [0.15, 0.2) is 46.8 Å². The van der Waals surface area contributed by atoms with Gasteiger partial charge in [-0.25, -0.2) is 9.37 Å². The van der Waals surface area contributed by atoms with Crippen molar-refractivity contribution in [1.82, 2.24) is 9.97 Å². The fourth-order valence-electron chi connectivity index (χ4n) is 2.31. The van der Waals surface area contributed by atoms with Crippen molar-refractivity contribution in [2.45, 2.75) is 5.92 Å². The molecule has 2 heterocycles. The van der Waals surface area contributed by atoms with Gasteiger partial charge in [0.15, 0.2) is 0 Å². The highest BCUT2D eigenvalue weighted by atomic mass is 19.1. The van der Waals surface area contributed by atoms with Crippen LogP contribution in [0, 0.1) is 17.1 Å². The summed E-state index contributed by atoms with van der Waals surface area (Å²) in [5, 5.41) is 9.28. The van der Waals surface area contributed by atoms with Gasteiger partial charge in [-0.15, -0.1) is 0 Å². The SMILES string of the molecule is N#CC1=C(N)Oc2nc[nH]c(=O)c2C1c1cccc(F)c1. The van der Waals surface area contributed by atoms with Crippen LogP contribution in [0.3, 0.4) is 0 Å². The van der Waals surface area contributed by atoms with E-state index >= 15 is 0 Å². The molecule has 21 heavy (non-hydrogen) atoms. The van der Waals surface area contributed by atoms with Gasteiger partial charge in [-0.3, -0.25) is 4.79 Å². The van der Waals surface area contributed by atoms with Gasteiger partial charge >= 0.3 is 0 Å². The molecule has 1 aliphatic rings. The van der Waals surface area contributed by atoms with Gasteiger partial charge in [-0.05, 0) is 17.7 Å². The number of allylic oxidation sites excluding steroid dienone is 1. The molecule has 3 N–H and O–H groups in total. The Morgan fingerprint density at radius 3 is 3.00 bits per heavy atom. The van der Waals surface area contributed by atoms with E-state index in [0.717, 1.165) is 0 Å². The number of aromatic nitrogens is 2. The molecule has 2 aromatic rings. The fraction of sp³-hybridized carbons (Fsp3) is 0.0714. The van der Waals surface area contributed by atoms with E-state index in [0.29, 0.717) is 5.56 Å². The third-order valence-electron chi connectivity index (χ3n) is 3.20. The topological polar surface area (TPSA) is 105 Å². The van der Waals surface area contributed by atoms with Gasteiger partial charge in [0.25, 0.3) is 5.56 Å². The first-order chi connectivity index (χ1) is 10.1. The number of nitrogens with two attached hydrogens (primary N) is 1. The van der Waals surface area contributed by atoms with Crippen molar-refractivity contribution in [3.63, 3.8) is 0 Å². The summed E-state index contributed by atoms with van der Waals surface area (Å²) in [6, 6.07) is 7.54. The molecule has 0 aliphatic carbocycles. The van der Waals surface area contributed by atoms with Crippen LogP contribution in [-0.4, -0.2) is 9.97 Å². The minimum absolute atomic E-state index is 0.0181. The predicted molar refractivity (Wildman–Crippen MR) is 70.6 cm³/mol. The van der Waals surface area contributed by atoms with E-state index in [2.05, 4.69) is 9.97 Å². The van der Waals surface area contributed by atoms with Crippen molar-refractivity contribution in [3.05, 3.63) is 69.3 Å². The Morgan fingerprint density at radius 1 is 1.48 bits per heavy atom. The number of halogens is 1. The smallest absolute Gasteiger partial charge is 0.258 e. The largest absolute Gasteiger partial charge is 0.422 e. The van der Waals surface area contributed by atoms with E-state index in [9.17, 15) is 14.4 Å². The summed E-state index contributed by atoms with van der Waals surface area (Å²) < 4.78 is 18.7. The standard InChI is InChI=1S/C14H9FN4O2/c15-8-3-1-2-7(4-8)10-9(5-16)12(17)21-14-11(10)13(20)18-6-19-14/h1-4,6,10H,17H2,(H,18,19,20). The number of benzene rings is 1. The van der Waals surface area contributed by atoms with Crippen molar-refractivity contribution >= 4 is 0 Å². The van der Waals surface area contributed by atoms with Crippen molar-refractivity contribution in [2.24, 2.45) is 5.73 Å². The second-order valence-electron chi connectivity index (χ2n) is 4.43. The summed E-state index contributed by atoms with van der Waals surface area (Å²) in [6.45, 7) is 0. The molecule has 1 atom stereocenters. The number of nitrogens with one attached hydrogen (secondary N) is 1. The summed E-state index contributed by atoms with van der Waals surface area (Å²) in [5.74, 6) is -1.41. The molecule has 1 aromatic carbocycles. The highest BCUT2D eigenvalue weighted by molar-refractivity contribution is 5.52. The summed E-state index contributed by atoms with van der Waals surface area (Å²) in [4.78, 5) is 18.4. The number of hydrogen-bond acceptors (Lipinski definition) is 5. The first-order valence-corrected chi connectivity index (χ1v) is 6.02. The summed E-state index contributed by atoms with van der Waals surface area (Å²) in [5.41, 5.74) is 5.85. The minimum atomic E-state index is -0.813. The van der Waals surface area contributed by atoms with Crippen LogP contribution in [0.4, 0.5) is 4.39 Å². The number of H-pyrrole nitrogens is 1. The summed E-state index contributed by atoms with van der Waals surface area (Å²) >= 11 is 0. The molecule has 7 heteroatoms. The van der Waals surface area contributed by atoms with Gasteiger partial charge in [0.1, 0.15) is 17.5 Å². The van der Waals surface area contributed by atoms with Crippen LogP contribution in [-0.2, 0) is 0 Å². The number of rotatable bonds is 1. The number of ether oxygens (including phenoxy) is 1. The number of aromatic amines is 1. The molecule has 0 fully saturated rings. The first-order valence-electron chi connectivity index (χ1n) is 6.02. The number of nitrogens with zero attached hydrogens (tertiary/aromatic N) is 2. The van der Waals surface area contributed by atoms with Crippen LogP contribution in [0.2, 0.25) is 0 Å². The molecule has 6 nitrogen and oxygen atoms in total. The molecule has 0 spiro atoms. The Balaban J connectivity index is 2.31. The molecule has 0 saturated carbocycles. The Kier molecular flexibility index (Phi) is 2.92. The van der Waals surface area contributed by atoms with Crippen LogP contribution >= 0.6 is 0 Å². The third kappa shape index (κ3) is 2.03. The molecule has 0 radical (unpaired) electrons. The maximum Gasteiger partial charge on any atom is 0.258 e. The number of nitriles is 1. The average molecular weight is 284 g/mol. The molecule has 0 bridgehead atoms. The van der Waals surface area contributed by atoms with E-state index in [1.807, 2.05) is 6.07 Å². The zero-order valence-electron chi connectivity index (χ0n) is 10.6. The first kappa shape index (κ1) is 12.9. The fourth-order valence-corrected chi connectivity index (χ4v) is 2.31. The predicted octanol–water partition coefficient (Wildman–Crippen LogP) is 1.13. The van der Waals surface area contributed by atoms with Crippen molar-refractivity contribution in [1.29, 1.82) is 5.26 Å². The lowest BCUT2D eigenvalue weighted by molar-refractivity contribution is 0.375. The van der Waals surface area contributed by atoms with E-state index in [4.69, 9.17) is 10.5 Å². The molecule has 1 unspecified atom stereocenters. The average Bonchev–Trinajstić information content (AvgIpc) is 2.46. The Hall–Kier alpha value is -3.14. The van der Waals surface area contributed by atoms with Crippen molar-refractivity contribution in [2.75, 3.05) is 0 Å². The maximum absolute atomic E-state index is 13.5. The van der Waals surface area contributed by atoms with Crippen LogP contribution in [0.25, 0.3) is 0 Å². The molecule has 104 valence electrons. The molecule has 0 amide bonds. The normalized spacial score (nSPS) is 16.9. The van der Waals surface area contributed by atoms with E-state index < -0.39 is 17.3 Å². The molecule has 0 saturated heterocycles. The van der Waals surface area contributed by atoms with Gasteiger partial charge in [0.2, 0.25) is 11.8 Å². The second kappa shape index (κ2) is 4.76. The van der Waals surface area contributed by atoms with Gasteiger partial charge in [0.05, 0.1) is 17.8 Å². The lowest BCUT2D eigenvalue weighted by Gasteiger charge is -2.24. The summed E-state index contributed by atoms with van der Waals surface area (Å²) in [7, 11) is 0. The summed E-state index contributed by atoms with van der Waals surface area (Å²) in [6.07, 6.45) is 1.18. The second-order valence-corrected chi connectivity index (χ2v) is 4.43. The molecule has 1 aromatic heterocycles. The van der Waals surface area contributed by atoms with Gasteiger partial charge in [0, 0.05) is 0 Å². The third-order valence-corrected chi connectivity index (χ3v) is 3.20. The number of hydrogen-bond donors (Lipinski definition) is 2. The van der Waals surface area contributed by atoms with Gasteiger partial charge in [-0.2, -0.15) is 5.26 Å². The molecule has 1 aliphatic heterocycles. The van der Waals surface area contributed by atoms with E-state index in [-0.39, 0.29) is 22.9 Å². The van der Waals surface area contributed by atoms with E-state index in [1.165, 1.54) is 24.5 Å². The van der Waals surface area contributed by atoms with Gasteiger partial charge in [-0.1, -0.05) is 12.1 Å². The Bertz CT molecular complexity index is 851. The van der Waals surface area contributed by atoms with Crippen LogP contribution in [0.1, 0.15) is 17.0 Å². The lowest BCUT2D eigenvalue weighted by Crippen LogP contribution is -2.28. The zero-order valence-corrected chi connectivity index (χ0v) is 10.6. The molecular formula is C14H9FN4O2. The molecule has 3 rings (SSSR count). The Labute approximate surface area is 118 Å². The van der Waals surface area contributed by atoms with E-state index in [1.54, 1.807) is 6.07 Å². The highest BCUT2D eigenvalue weighted by Crippen LogP contribution is 2.38. The molecular weight excluding hydrogens is 275 g/mol. The highest BCUT2D eigenvalue weighted by Gasteiger charge is 2.34.